The average molecular weight is 347 g/mol. The van der Waals surface area contributed by atoms with Gasteiger partial charge in [-0.3, -0.25) is 15.5 Å². The van der Waals surface area contributed by atoms with Crippen LogP contribution >= 0.6 is 0 Å². The quantitative estimate of drug-likeness (QED) is 0.552. The zero-order valence-corrected chi connectivity index (χ0v) is 14.9. The monoisotopic (exact) mass is 347 g/mol. The lowest BCUT2D eigenvalue weighted by atomic mass is 9.49. The van der Waals surface area contributed by atoms with E-state index < -0.39 is 0 Å². The van der Waals surface area contributed by atoms with Gasteiger partial charge < -0.3 is 5.32 Å². The molecule has 1 amide bonds. The largest absolute Gasteiger partial charge is 0.326 e. The highest BCUT2D eigenvalue weighted by atomic mass is 16.2. The minimum absolute atomic E-state index is 0.0642. The molecule has 0 aromatic heterocycles. The van der Waals surface area contributed by atoms with Gasteiger partial charge in [0.25, 0.3) is 0 Å². The molecule has 4 aliphatic rings. The van der Waals surface area contributed by atoms with E-state index >= 15 is 0 Å². The van der Waals surface area contributed by atoms with E-state index in [0.29, 0.717) is 0 Å². The van der Waals surface area contributed by atoms with Crippen molar-refractivity contribution in [3.8, 4) is 0 Å². The van der Waals surface area contributed by atoms with Crippen molar-refractivity contribution in [3.05, 3.63) is 42.5 Å². The Morgan fingerprint density at radius 2 is 1.54 bits per heavy atom. The molecule has 0 radical (unpaired) electrons. The minimum atomic E-state index is -0.221. The molecule has 4 saturated carbocycles. The zero-order valence-electron chi connectivity index (χ0n) is 14.9. The van der Waals surface area contributed by atoms with E-state index in [1.165, 1.54) is 19.3 Å². The number of amides is 1. The molecule has 6 rings (SSSR count). The first kappa shape index (κ1) is 15.9. The summed E-state index contributed by atoms with van der Waals surface area (Å²) >= 11 is 0. The van der Waals surface area contributed by atoms with E-state index in [9.17, 15) is 4.79 Å². The first-order valence-corrected chi connectivity index (χ1v) is 9.76. The maximum atomic E-state index is 13.1. The molecule has 0 unspecified atom stereocenters. The third kappa shape index (κ3) is 2.59. The lowest BCUT2D eigenvalue weighted by molar-refractivity contribution is -0.144. The number of fused-ring (bicyclic) bond motifs is 1. The Balaban J connectivity index is 1.32. The van der Waals surface area contributed by atoms with Gasteiger partial charge in [0.1, 0.15) is 0 Å². The SMILES string of the molecule is N=C(NC(=O)C12CC3CC(CC(C3)C1)C2)Nc1cccc2ccccc12. The Bertz CT molecular complexity index is 847. The van der Waals surface area contributed by atoms with Crippen LogP contribution in [0.1, 0.15) is 38.5 Å². The number of anilines is 1. The minimum Gasteiger partial charge on any atom is -0.326 e. The summed E-state index contributed by atoms with van der Waals surface area (Å²) in [5.74, 6) is 2.34. The molecule has 2 aromatic rings. The molecule has 0 spiro atoms. The van der Waals surface area contributed by atoms with E-state index in [0.717, 1.165) is 53.5 Å². The second-order valence-corrected chi connectivity index (χ2v) is 8.68. The van der Waals surface area contributed by atoms with Crippen LogP contribution in [0.15, 0.2) is 42.5 Å². The van der Waals surface area contributed by atoms with E-state index in [4.69, 9.17) is 5.41 Å². The van der Waals surface area contributed by atoms with Crippen LogP contribution in [0.5, 0.6) is 0 Å². The van der Waals surface area contributed by atoms with Crippen molar-refractivity contribution in [2.45, 2.75) is 38.5 Å². The summed E-state index contributed by atoms with van der Waals surface area (Å²) in [6.07, 6.45) is 7.01. The van der Waals surface area contributed by atoms with Crippen molar-refractivity contribution in [3.63, 3.8) is 0 Å². The average Bonchev–Trinajstić information content (AvgIpc) is 2.61. The highest BCUT2D eigenvalue weighted by molar-refractivity contribution is 6.08. The van der Waals surface area contributed by atoms with E-state index in [2.05, 4.69) is 22.8 Å². The van der Waals surface area contributed by atoms with Crippen molar-refractivity contribution < 1.29 is 4.79 Å². The first-order valence-electron chi connectivity index (χ1n) is 9.76. The standard InChI is InChI=1S/C22H25N3O/c23-21(24-19-7-3-5-17-4-1-2-6-18(17)19)25-20(26)22-11-14-8-15(12-22)10-16(9-14)13-22/h1-7,14-16H,8-13H2,(H3,23,24,25,26). The molecular formula is C22H25N3O. The molecular weight excluding hydrogens is 322 g/mol. The number of hydrogen-bond donors (Lipinski definition) is 3. The molecule has 0 atom stereocenters. The molecule has 4 bridgehead atoms. The summed E-state index contributed by atoms with van der Waals surface area (Å²) in [5.41, 5.74) is 0.639. The maximum Gasteiger partial charge on any atom is 0.232 e. The van der Waals surface area contributed by atoms with E-state index in [-0.39, 0.29) is 17.3 Å². The van der Waals surface area contributed by atoms with Crippen molar-refractivity contribution in [1.29, 1.82) is 5.41 Å². The van der Waals surface area contributed by atoms with Crippen molar-refractivity contribution in [2.24, 2.45) is 23.2 Å². The molecule has 4 heteroatoms. The van der Waals surface area contributed by atoms with Gasteiger partial charge >= 0.3 is 0 Å². The number of carbonyl (C=O) groups excluding carboxylic acids is 1. The molecule has 4 fully saturated rings. The fourth-order valence-electron chi connectivity index (χ4n) is 6.14. The molecule has 2 aromatic carbocycles. The summed E-state index contributed by atoms with van der Waals surface area (Å²) in [5, 5.41) is 16.5. The number of hydrogen-bond acceptors (Lipinski definition) is 2. The number of rotatable bonds is 2. The lowest BCUT2D eigenvalue weighted by Gasteiger charge is -2.55. The van der Waals surface area contributed by atoms with Gasteiger partial charge in [0.15, 0.2) is 5.96 Å². The molecule has 0 heterocycles. The molecule has 134 valence electrons. The van der Waals surface area contributed by atoms with Gasteiger partial charge in [-0.2, -0.15) is 0 Å². The van der Waals surface area contributed by atoms with Crippen LogP contribution in [0, 0.1) is 28.6 Å². The van der Waals surface area contributed by atoms with Crippen LogP contribution in [0.25, 0.3) is 10.8 Å². The summed E-state index contributed by atoms with van der Waals surface area (Å²) in [6.45, 7) is 0. The number of carbonyl (C=O) groups is 1. The number of guanidine groups is 1. The second-order valence-electron chi connectivity index (χ2n) is 8.68. The van der Waals surface area contributed by atoms with Crippen molar-refractivity contribution in [2.75, 3.05) is 5.32 Å². The van der Waals surface area contributed by atoms with Gasteiger partial charge in [0.2, 0.25) is 5.91 Å². The highest BCUT2D eigenvalue weighted by Gasteiger charge is 2.54. The van der Waals surface area contributed by atoms with Gasteiger partial charge in [-0.15, -0.1) is 0 Å². The fraction of sp³-hybridized carbons (Fsp3) is 0.455. The van der Waals surface area contributed by atoms with Crippen molar-refractivity contribution in [1.82, 2.24) is 5.32 Å². The smallest absolute Gasteiger partial charge is 0.232 e. The summed E-state index contributed by atoms with van der Waals surface area (Å²) in [4.78, 5) is 13.1. The van der Waals surface area contributed by atoms with Gasteiger partial charge in [-0.05, 0) is 67.7 Å². The molecule has 0 aliphatic heterocycles. The Morgan fingerprint density at radius 3 is 2.23 bits per heavy atom. The highest BCUT2D eigenvalue weighted by Crippen LogP contribution is 2.60. The molecule has 3 N–H and O–H groups in total. The van der Waals surface area contributed by atoms with Crippen LogP contribution in [0.2, 0.25) is 0 Å². The van der Waals surface area contributed by atoms with Crippen LogP contribution in [0.3, 0.4) is 0 Å². The van der Waals surface area contributed by atoms with Gasteiger partial charge in [-0.1, -0.05) is 36.4 Å². The Labute approximate surface area is 153 Å². The maximum absolute atomic E-state index is 13.1. The summed E-state index contributed by atoms with van der Waals surface area (Å²) < 4.78 is 0. The zero-order chi connectivity index (χ0) is 17.7. The van der Waals surface area contributed by atoms with Gasteiger partial charge in [0, 0.05) is 11.1 Å². The van der Waals surface area contributed by atoms with Gasteiger partial charge in [0.05, 0.1) is 5.41 Å². The van der Waals surface area contributed by atoms with Crippen molar-refractivity contribution >= 4 is 28.3 Å². The first-order chi connectivity index (χ1) is 12.6. The lowest BCUT2D eigenvalue weighted by Crippen LogP contribution is -2.55. The van der Waals surface area contributed by atoms with Crippen LogP contribution in [-0.4, -0.2) is 11.9 Å². The normalized spacial score (nSPS) is 31.8. The third-order valence-corrected chi connectivity index (χ3v) is 6.81. The molecule has 0 saturated heterocycles. The Morgan fingerprint density at radius 1 is 0.923 bits per heavy atom. The fourth-order valence-corrected chi connectivity index (χ4v) is 6.14. The second kappa shape index (κ2) is 5.83. The topological polar surface area (TPSA) is 65.0 Å². The van der Waals surface area contributed by atoms with Crippen LogP contribution < -0.4 is 10.6 Å². The molecule has 26 heavy (non-hydrogen) atoms. The molecule has 4 aliphatic carbocycles. The number of benzene rings is 2. The molecule has 4 nitrogen and oxygen atoms in total. The van der Waals surface area contributed by atoms with E-state index in [1.807, 2.05) is 30.3 Å². The van der Waals surface area contributed by atoms with Gasteiger partial charge in [-0.25, -0.2) is 0 Å². The predicted molar refractivity (Wildman–Crippen MR) is 104 cm³/mol. The summed E-state index contributed by atoms with van der Waals surface area (Å²) in [6, 6.07) is 14.1. The third-order valence-electron chi connectivity index (χ3n) is 6.81. The Hall–Kier alpha value is -2.36. The number of nitrogens with one attached hydrogen (secondary N) is 3. The Kier molecular flexibility index (Phi) is 3.56. The van der Waals surface area contributed by atoms with Crippen LogP contribution in [0.4, 0.5) is 5.69 Å². The van der Waals surface area contributed by atoms with E-state index in [1.54, 1.807) is 0 Å². The van der Waals surface area contributed by atoms with Crippen LogP contribution in [-0.2, 0) is 4.79 Å². The predicted octanol–water partition coefficient (Wildman–Crippen LogP) is 4.52. The summed E-state index contributed by atoms with van der Waals surface area (Å²) in [7, 11) is 0.